The molecule has 0 bridgehead atoms. The zero-order valence-corrected chi connectivity index (χ0v) is 14.4. The Labute approximate surface area is 135 Å². The Balaban J connectivity index is 1.95. The number of hydrogen-bond acceptors (Lipinski definition) is 3. The molecular formula is C18H32NO3+. The summed E-state index contributed by atoms with van der Waals surface area (Å²) in [5.41, 5.74) is 0. The van der Waals surface area contributed by atoms with Crippen LogP contribution in [0.2, 0.25) is 0 Å². The van der Waals surface area contributed by atoms with E-state index in [1.807, 2.05) is 30.3 Å². The number of benzene rings is 1. The van der Waals surface area contributed by atoms with Crippen LogP contribution in [0.1, 0.15) is 20.8 Å². The summed E-state index contributed by atoms with van der Waals surface area (Å²) in [4.78, 5) is 0. The van der Waals surface area contributed by atoms with Crippen molar-refractivity contribution in [2.45, 2.75) is 20.8 Å². The first-order valence-electron chi connectivity index (χ1n) is 8.44. The molecule has 1 aromatic carbocycles. The summed E-state index contributed by atoms with van der Waals surface area (Å²) in [6, 6.07) is 9.80. The Morgan fingerprint density at radius 1 is 0.727 bits per heavy atom. The van der Waals surface area contributed by atoms with Crippen LogP contribution in [0.25, 0.3) is 0 Å². The molecule has 0 aromatic heterocycles. The molecule has 22 heavy (non-hydrogen) atoms. The van der Waals surface area contributed by atoms with Gasteiger partial charge in [-0.1, -0.05) is 18.2 Å². The molecular weight excluding hydrogens is 278 g/mol. The average molecular weight is 310 g/mol. The SMILES string of the molecule is CC[N+](CC)(CC)CCOCCOCCOc1ccccc1. The van der Waals surface area contributed by atoms with Crippen molar-refractivity contribution >= 4 is 0 Å². The molecule has 0 spiro atoms. The second kappa shape index (κ2) is 11.5. The van der Waals surface area contributed by atoms with Gasteiger partial charge < -0.3 is 18.7 Å². The maximum Gasteiger partial charge on any atom is 0.119 e. The molecule has 1 aromatic rings. The van der Waals surface area contributed by atoms with Gasteiger partial charge in [0.1, 0.15) is 18.9 Å². The minimum atomic E-state index is 0.575. The maximum atomic E-state index is 5.68. The summed E-state index contributed by atoms with van der Waals surface area (Å²) >= 11 is 0. The van der Waals surface area contributed by atoms with Crippen molar-refractivity contribution < 1.29 is 18.7 Å². The summed E-state index contributed by atoms with van der Waals surface area (Å²) in [5.74, 6) is 0.884. The predicted molar refractivity (Wildman–Crippen MR) is 90.3 cm³/mol. The van der Waals surface area contributed by atoms with Gasteiger partial charge in [0.2, 0.25) is 0 Å². The summed E-state index contributed by atoms with van der Waals surface area (Å²) < 4.78 is 17.9. The van der Waals surface area contributed by atoms with Gasteiger partial charge in [-0.05, 0) is 32.9 Å². The number of likely N-dealkylation sites (N-methyl/N-ethyl adjacent to an activating group) is 1. The van der Waals surface area contributed by atoms with Gasteiger partial charge in [-0.2, -0.15) is 0 Å². The second-order valence-electron chi connectivity index (χ2n) is 5.40. The maximum absolute atomic E-state index is 5.68. The highest BCUT2D eigenvalue weighted by Crippen LogP contribution is 2.07. The quantitative estimate of drug-likeness (QED) is 0.414. The lowest BCUT2D eigenvalue weighted by atomic mass is 10.3. The molecule has 0 atom stereocenters. The second-order valence-corrected chi connectivity index (χ2v) is 5.40. The van der Waals surface area contributed by atoms with Crippen molar-refractivity contribution in [2.75, 3.05) is 59.2 Å². The number of rotatable bonds is 13. The molecule has 0 aliphatic rings. The molecule has 0 aliphatic heterocycles. The average Bonchev–Trinajstić information content (AvgIpc) is 2.58. The molecule has 0 saturated heterocycles. The molecule has 0 aliphatic carbocycles. The molecule has 0 heterocycles. The van der Waals surface area contributed by atoms with Gasteiger partial charge >= 0.3 is 0 Å². The number of ether oxygens (including phenoxy) is 3. The van der Waals surface area contributed by atoms with Crippen molar-refractivity contribution in [3.05, 3.63) is 30.3 Å². The Kier molecular flexibility index (Phi) is 9.87. The predicted octanol–water partition coefficient (Wildman–Crippen LogP) is 2.98. The van der Waals surface area contributed by atoms with Gasteiger partial charge in [-0.3, -0.25) is 0 Å². The Hall–Kier alpha value is -1.10. The molecule has 0 fully saturated rings. The van der Waals surface area contributed by atoms with Crippen LogP contribution in [-0.4, -0.2) is 63.7 Å². The fourth-order valence-electron chi connectivity index (χ4n) is 2.46. The molecule has 0 unspecified atom stereocenters. The summed E-state index contributed by atoms with van der Waals surface area (Å²) in [6.07, 6.45) is 0. The third kappa shape index (κ3) is 7.25. The largest absolute Gasteiger partial charge is 0.491 e. The van der Waals surface area contributed by atoms with Crippen LogP contribution in [0.4, 0.5) is 0 Å². The minimum Gasteiger partial charge on any atom is -0.491 e. The topological polar surface area (TPSA) is 27.7 Å². The normalized spacial score (nSPS) is 11.6. The highest BCUT2D eigenvalue weighted by atomic mass is 16.5. The van der Waals surface area contributed by atoms with E-state index in [-0.39, 0.29) is 0 Å². The fraction of sp³-hybridized carbons (Fsp3) is 0.667. The van der Waals surface area contributed by atoms with Gasteiger partial charge in [-0.25, -0.2) is 0 Å². The number of quaternary nitrogens is 1. The Morgan fingerprint density at radius 3 is 1.86 bits per heavy atom. The van der Waals surface area contributed by atoms with E-state index in [9.17, 15) is 0 Å². The lowest BCUT2D eigenvalue weighted by molar-refractivity contribution is -0.923. The van der Waals surface area contributed by atoms with Crippen molar-refractivity contribution in [1.29, 1.82) is 0 Å². The first-order valence-corrected chi connectivity index (χ1v) is 8.44. The van der Waals surface area contributed by atoms with Crippen LogP contribution in [-0.2, 0) is 9.47 Å². The molecule has 0 saturated carbocycles. The van der Waals surface area contributed by atoms with Gasteiger partial charge in [0.25, 0.3) is 0 Å². The van der Waals surface area contributed by atoms with E-state index in [1.165, 1.54) is 19.6 Å². The third-order valence-electron chi connectivity index (χ3n) is 4.33. The standard InChI is InChI=1S/C18H32NO3/c1-4-19(5-2,6-3)12-13-20-14-15-21-16-17-22-18-10-8-7-9-11-18/h7-11H,4-6,12-17H2,1-3H3/q+1. The van der Waals surface area contributed by atoms with E-state index in [4.69, 9.17) is 14.2 Å². The summed E-state index contributed by atoms with van der Waals surface area (Å²) in [6.45, 7) is 14.6. The van der Waals surface area contributed by atoms with E-state index < -0.39 is 0 Å². The lowest BCUT2D eigenvalue weighted by Crippen LogP contribution is -2.49. The smallest absolute Gasteiger partial charge is 0.119 e. The van der Waals surface area contributed by atoms with E-state index in [0.29, 0.717) is 26.4 Å². The number of para-hydroxylation sites is 1. The van der Waals surface area contributed by atoms with E-state index in [1.54, 1.807) is 0 Å². The van der Waals surface area contributed by atoms with Crippen molar-refractivity contribution in [3.63, 3.8) is 0 Å². The first-order chi connectivity index (χ1) is 10.8. The third-order valence-corrected chi connectivity index (χ3v) is 4.33. The zero-order chi connectivity index (χ0) is 16.1. The molecule has 0 radical (unpaired) electrons. The van der Waals surface area contributed by atoms with Crippen LogP contribution < -0.4 is 4.74 Å². The van der Waals surface area contributed by atoms with Crippen molar-refractivity contribution in [1.82, 2.24) is 0 Å². The first kappa shape index (κ1) is 18.9. The van der Waals surface area contributed by atoms with Crippen LogP contribution in [0.15, 0.2) is 30.3 Å². The minimum absolute atomic E-state index is 0.575. The van der Waals surface area contributed by atoms with Gasteiger partial charge in [0.15, 0.2) is 0 Å². The lowest BCUT2D eigenvalue weighted by Gasteiger charge is -2.35. The van der Waals surface area contributed by atoms with Crippen LogP contribution in [0, 0.1) is 0 Å². The van der Waals surface area contributed by atoms with E-state index >= 15 is 0 Å². The fourth-order valence-corrected chi connectivity index (χ4v) is 2.46. The van der Waals surface area contributed by atoms with Gasteiger partial charge in [0, 0.05) is 0 Å². The molecule has 126 valence electrons. The van der Waals surface area contributed by atoms with Gasteiger partial charge in [-0.15, -0.1) is 0 Å². The van der Waals surface area contributed by atoms with E-state index in [0.717, 1.165) is 23.4 Å². The summed E-state index contributed by atoms with van der Waals surface area (Å²) in [7, 11) is 0. The molecule has 4 nitrogen and oxygen atoms in total. The van der Waals surface area contributed by atoms with Crippen molar-refractivity contribution in [2.24, 2.45) is 0 Å². The Morgan fingerprint density at radius 2 is 1.27 bits per heavy atom. The zero-order valence-electron chi connectivity index (χ0n) is 14.4. The monoisotopic (exact) mass is 310 g/mol. The molecule has 0 amide bonds. The van der Waals surface area contributed by atoms with Crippen LogP contribution in [0.3, 0.4) is 0 Å². The molecule has 0 N–H and O–H groups in total. The highest BCUT2D eigenvalue weighted by molar-refractivity contribution is 5.20. The number of hydrogen-bond donors (Lipinski definition) is 0. The molecule has 4 heteroatoms. The highest BCUT2D eigenvalue weighted by Gasteiger charge is 2.19. The van der Waals surface area contributed by atoms with E-state index in [2.05, 4.69) is 20.8 Å². The van der Waals surface area contributed by atoms with Crippen LogP contribution in [0.5, 0.6) is 5.75 Å². The van der Waals surface area contributed by atoms with Gasteiger partial charge in [0.05, 0.1) is 46.1 Å². The number of nitrogens with zero attached hydrogens (tertiary/aromatic N) is 1. The van der Waals surface area contributed by atoms with Crippen molar-refractivity contribution in [3.8, 4) is 5.75 Å². The van der Waals surface area contributed by atoms with Crippen LogP contribution >= 0.6 is 0 Å². The molecule has 1 rings (SSSR count). The Bertz CT molecular complexity index is 358. The summed E-state index contributed by atoms with van der Waals surface area (Å²) in [5, 5.41) is 0.